The van der Waals surface area contributed by atoms with Crippen LogP contribution in [0.15, 0.2) is 0 Å². The molecule has 188 valence electrons. The minimum atomic E-state index is -1.04. The van der Waals surface area contributed by atoms with Gasteiger partial charge in [-0.3, -0.25) is 9.59 Å². The highest BCUT2D eigenvalue weighted by molar-refractivity contribution is 5.81. The number of hydrogen-bond acceptors (Lipinski definition) is 5. The van der Waals surface area contributed by atoms with Gasteiger partial charge in [-0.15, -0.1) is 0 Å². The molecule has 7 nitrogen and oxygen atoms in total. The highest BCUT2D eigenvalue weighted by Gasteiger charge is 2.65. The Labute approximate surface area is 197 Å². The van der Waals surface area contributed by atoms with Crippen LogP contribution in [0.3, 0.4) is 0 Å². The molecule has 0 aromatic carbocycles. The van der Waals surface area contributed by atoms with Gasteiger partial charge in [0.05, 0.1) is 18.3 Å². The molecule has 1 amide bonds. The molecule has 0 aromatic heterocycles. The molecule has 5 N–H and O–H groups in total. The number of fused-ring (bicyclic) bond motifs is 5. The average molecular weight is 466 g/mol. The number of carboxylic acids is 1. The summed E-state index contributed by atoms with van der Waals surface area (Å²) in [5.41, 5.74) is -0.214. The SMILES string of the molecule is CC(CCC(=O)NCC(=O)O)C1CCC2C3C(O)CC4C[C@H](O)CCC4(C)C3C[C@H](O)C12C. The molecule has 0 aliphatic heterocycles. The highest BCUT2D eigenvalue weighted by Crippen LogP contribution is 2.68. The van der Waals surface area contributed by atoms with E-state index in [0.29, 0.717) is 25.2 Å². The highest BCUT2D eigenvalue weighted by atomic mass is 16.4. The van der Waals surface area contributed by atoms with Crippen molar-refractivity contribution in [2.24, 2.45) is 46.3 Å². The van der Waals surface area contributed by atoms with Gasteiger partial charge in [0.1, 0.15) is 6.54 Å². The molecule has 0 radical (unpaired) electrons. The maximum absolute atomic E-state index is 12.0. The first-order chi connectivity index (χ1) is 15.5. The smallest absolute Gasteiger partial charge is 0.322 e. The number of aliphatic hydroxyl groups is 3. The molecule has 4 rings (SSSR count). The zero-order valence-electron chi connectivity index (χ0n) is 20.4. The first-order valence-electron chi connectivity index (χ1n) is 13.0. The van der Waals surface area contributed by atoms with E-state index in [1.54, 1.807) is 0 Å². The van der Waals surface area contributed by atoms with Crippen molar-refractivity contribution in [3.63, 3.8) is 0 Å². The van der Waals surface area contributed by atoms with E-state index < -0.39 is 12.1 Å². The zero-order chi connectivity index (χ0) is 24.1. The molecule has 4 fully saturated rings. The van der Waals surface area contributed by atoms with Gasteiger partial charge in [-0.25, -0.2) is 0 Å². The molecular weight excluding hydrogens is 422 g/mol. The number of carbonyl (C=O) groups is 2. The summed E-state index contributed by atoms with van der Waals surface area (Å²) < 4.78 is 0. The molecule has 0 aromatic rings. The Morgan fingerprint density at radius 3 is 2.45 bits per heavy atom. The van der Waals surface area contributed by atoms with Crippen LogP contribution in [0.5, 0.6) is 0 Å². The summed E-state index contributed by atoms with van der Waals surface area (Å²) in [6.07, 6.45) is 5.86. The van der Waals surface area contributed by atoms with Crippen molar-refractivity contribution >= 4 is 11.9 Å². The van der Waals surface area contributed by atoms with Crippen molar-refractivity contribution in [3.05, 3.63) is 0 Å². The van der Waals surface area contributed by atoms with E-state index in [-0.39, 0.29) is 65.1 Å². The number of hydrogen-bond donors (Lipinski definition) is 5. The zero-order valence-corrected chi connectivity index (χ0v) is 20.4. The predicted octanol–water partition coefficient (Wildman–Crippen LogP) is 2.56. The minimum absolute atomic E-state index is 0.0668. The second-order valence-electron chi connectivity index (χ2n) is 12.2. The first-order valence-corrected chi connectivity index (χ1v) is 13.0. The standard InChI is InChI=1S/C26H43NO6/c1-14(4-7-22(31)27-13-23(32)33)17-5-6-18-24-19(12-21(30)26(17,18)3)25(2)9-8-16(28)10-15(25)11-20(24)29/h14-21,24,28-30H,4-13H2,1-3H3,(H,27,31)(H,32,33)/t14?,15?,16-,17?,18?,19?,20?,21+,24?,25?,26?/m1/s1. The van der Waals surface area contributed by atoms with Crippen molar-refractivity contribution in [2.75, 3.05) is 6.54 Å². The summed E-state index contributed by atoms with van der Waals surface area (Å²) in [4.78, 5) is 22.7. The predicted molar refractivity (Wildman–Crippen MR) is 123 cm³/mol. The van der Waals surface area contributed by atoms with Crippen LogP contribution in [-0.4, -0.2) is 57.2 Å². The van der Waals surface area contributed by atoms with E-state index >= 15 is 0 Å². The number of carbonyl (C=O) groups excluding carboxylic acids is 1. The quantitative estimate of drug-likeness (QED) is 0.410. The van der Waals surface area contributed by atoms with E-state index in [4.69, 9.17) is 5.11 Å². The number of aliphatic hydroxyl groups excluding tert-OH is 3. The van der Waals surface area contributed by atoms with Crippen LogP contribution < -0.4 is 5.32 Å². The van der Waals surface area contributed by atoms with E-state index in [1.165, 1.54) is 0 Å². The van der Waals surface area contributed by atoms with E-state index in [2.05, 4.69) is 26.1 Å². The van der Waals surface area contributed by atoms with Gasteiger partial charge in [-0.1, -0.05) is 20.8 Å². The molecule has 4 aliphatic rings. The lowest BCUT2D eigenvalue weighted by atomic mass is 9.43. The van der Waals surface area contributed by atoms with Gasteiger partial charge in [0.2, 0.25) is 5.91 Å². The Bertz CT molecular complexity index is 759. The van der Waals surface area contributed by atoms with Crippen molar-refractivity contribution < 1.29 is 30.0 Å². The number of rotatable bonds is 6. The molecule has 4 aliphatic carbocycles. The maximum atomic E-state index is 12.0. The van der Waals surface area contributed by atoms with Gasteiger partial charge in [-0.2, -0.15) is 0 Å². The third-order valence-corrected chi connectivity index (χ3v) is 10.8. The lowest BCUT2D eigenvalue weighted by Gasteiger charge is -2.63. The van der Waals surface area contributed by atoms with Gasteiger partial charge in [-0.05, 0) is 97.7 Å². The van der Waals surface area contributed by atoms with Crippen molar-refractivity contribution in [1.82, 2.24) is 5.32 Å². The maximum Gasteiger partial charge on any atom is 0.322 e. The fraction of sp³-hybridized carbons (Fsp3) is 0.923. The third-order valence-electron chi connectivity index (χ3n) is 10.8. The van der Waals surface area contributed by atoms with Crippen molar-refractivity contribution in [2.45, 2.75) is 96.9 Å². The molecule has 4 saturated carbocycles. The van der Waals surface area contributed by atoms with Crippen molar-refractivity contribution in [1.29, 1.82) is 0 Å². The Balaban J connectivity index is 1.49. The fourth-order valence-electron chi connectivity index (χ4n) is 8.95. The minimum Gasteiger partial charge on any atom is -0.480 e. The topological polar surface area (TPSA) is 127 Å². The summed E-state index contributed by atoms with van der Waals surface area (Å²) in [5.74, 6) is 0.265. The summed E-state index contributed by atoms with van der Waals surface area (Å²) in [6.45, 7) is 6.35. The van der Waals surface area contributed by atoms with Gasteiger partial charge in [0, 0.05) is 6.42 Å². The molecule has 0 saturated heterocycles. The van der Waals surface area contributed by atoms with Crippen LogP contribution in [0, 0.1) is 46.3 Å². The van der Waals surface area contributed by atoms with Gasteiger partial charge < -0.3 is 25.7 Å². The molecule has 0 spiro atoms. The van der Waals surface area contributed by atoms with Crippen LogP contribution in [-0.2, 0) is 9.59 Å². The number of nitrogens with one attached hydrogen (secondary N) is 1. The Morgan fingerprint density at radius 1 is 1.03 bits per heavy atom. The summed E-state index contributed by atoms with van der Waals surface area (Å²) >= 11 is 0. The van der Waals surface area contributed by atoms with Crippen LogP contribution >= 0.6 is 0 Å². The first kappa shape index (κ1) is 24.9. The Kier molecular flexibility index (Phi) is 6.89. The van der Waals surface area contributed by atoms with Crippen LogP contribution in [0.4, 0.5) is 0 Å². The Morgan fingerprint density at radius 2 is 1.76 bits per heavy atom. The summed E-state index contributed by atoms with van der Waals surface area (Å²) in [5, 5.41) is 44.4. The Hall–Kier alpha value is -1.18. The number of amides is 1. The third kappa shape index (κ3) is 4.23. The van der Waals surface area contributed by atoms with Crippen LogP contribution in [0.1, 0.15) is 78.6 Å². The lowest BCUT2D eigenvalue weighted by molar-refractivity contribution is -0.207. The number of carboxylic acid groups (broad SMARTS) is 1. The van der Waals surface area contributed by atoms with Gasteiger partial charge in [0.15, 0.2) is 0 Å². The van der Waals surface area contributed by atoms with Crippen molar-refractivity contribution in [3.8, 4) is 0 Å². The van der Waals surface area contributed by atoms with Crippen LogP contribution in [0.2, 0.25) is 0 Å². The molecule has 0 bridgehead atoms. The molecule has 0 heterocycles. The summed E-state index contributed by atoms with van der Waals surface area (Å²) in [6, 6.07) is 0. The molecule has 9 unspecified atom stereocenters. The monoisotopic (exact) mass is 465 g/mol. The van der Waals surface area contributed by atoms with E-state index in [9.17, 15) is 24.9 Å². The average Bonchev–Trinajstić information content (AvgIpc) is 3.11. The van der Waals surface area contributed by atoms with Crippen LogP contribution in [0.25, 0.3) is 0 Å². The second-order valence-corrected chi connectivity index (χ2v) is 12.2. The number of aliphatic carboxylic acids is 1. The van der Waals surface area contributed by atoms with E-state index in [1.807, 2.05) is 0 Å². The van der Waals surface area contributed by atoms with Gasteiger partial charge >= 0.3 is 5.97 Å². The fourth-order valence-corrected chi connectivity index (χ4v) is 8.95. The molecule has 11 atom stereocenters. The lowest BCUT2D eigenvalue weighted by Crippen LogP contribution is -2.62. The molecule has 33 heavy (non-hydrogen) atoms. The summed E-state index contributed by atoms with van der Waals surface area (Å²) in [7, 11) is 0. The molecule has 7 heteroatoms. The van der Waals surface area contributed by atoms with Gasteiger partial charge in [0.25, 0.3) is 0 Å². The largest absolute Gasteiger partial charge is 0.480 e. The second kappa shape index (κ2) is 9.12. The van der Waals surface area contributed by atoms with E-state index in [0.717, 1.165) is 38.5 Å². The molecular formula is C26H43NO6. The normalized spacial score (nSPS) is 47.7.